The van der Waals surface area contributed by atoms with Crippen LogP contribution in [0.3, 0.4) is 0 Å². The van der Waals surface area contributed by atoms with Crippen molar-refractivity contribution in [2.45, 2.75) is 32.9 Å². The normalized spacial score (nSPS) is 20.9. The van der Waals surface area contributed by atoms with E-state index in [1.165, 1.54) is 24.0 Å². The molecule has 0 bridgehead atoms. The van der Waals surface area contributed by atoms with Gasteiger partial charge in [-0.1, -0.05) is 0 Å². The summed E-state index contributed by atoms with van der Waals surface area (Å²) in [5.41, 5.74) is 0.192. The number of nitrogens with zero attached hydrogens (tertiary/aromatic N) is 2. The minimum absolute atomic E-state index is 0.0380. The summed E-state index contributed by atoms with van der Waals surface area (Å²) < 4.78 is 49.8. The number of rotatable bonds is 4. The Kier molecular flexibility index (Phi) is 4.36. The van der Waals surface area contributed by atoms with Gasteiger partial charge in [-0.05, 0) is 32.4 Å². The van der Waals surface area contributed by atoms with E-state index in [1.807, 2.05) is 0 Å². The average molecular weight is 320 g/mol. The Balaban J connectivity index is 2.30. The number of hydrogen-bond acceptors (Lipinski definition) is 3. The van der Waals surface area contributed by atoms with E-state index in [9.17, 15) is 22.0 Å². The van der Waals surface area contributed by atoms with Gasteiger partial charge in [-0.25, -0.2) is 8.42 Å². The minimum Gasteiger partial charge on any atom is -0.334 e. The third kappa shape index (κ3) is 3.09. The summed E-state index contributed by atoms with van der Waals surface area (Å²) in [5, 5.41) is 0. The molecular formula is C13H18F2N2O3S. The summed E-state index contributed by atoms with van der Waals surface area (Å²) in [4.78, 5) is 13.9. The molecule has 0 N–H and O–H groups in total. The zero-order chi connectivity index (χ0) is 15.8. The molecule has 1 amide bonds. The summed E-state index contributed by atoms with van der Waals surface area (Å²) >= 11 is 0. The van der Waals surface area contributed by atoms with Gasteiger partial charge in [-0.3, -0.25) is 9.36 Å². The molecule has 0 saturated carbocycles. The molecule has 2 heterocycles. The molecule has 21 heavy (non-hydrogen) atoms. The number of sulfone groups is 1. The van der Waals surface area contributed by atoms with Crippen LogP contribution in [-0.2, 0) is 9.84 Å². The SMILES string of the molecule is CCN(C(=O)c1ccc(C)n1C(F)F)C1CCS(=O)(=O)C1. The highest BCUT2D eigenvalue weighted by Crippen LogP contribution is 2.23. The van der Waals surface area contributed by atoms with Gasteiger partial charge in [-0.15, -0.1) is 0 Å². The molecule has 0 spiro atoms. The maximum absolute atomic E-state index is 13.0. The van der Waals surface area contributed by atoms with Gasteiger partial charge in [-0.2, -0.15) is 8.78 Å². The summed E-state index contributed by atoms with van der Waals surface area (Å²) in [6, 6.07) is 2.38. The highest BCUT2D eigenvalue weighted by Gasteiger charge is 2.35. The maximum atomic E-state index is 13.0. The molecular weight excluding hydrogens is 302 g/mol. The van der Waals surface area contributed by atoms with Crippen LogP contribution >= 0.6 is 0 Å². The van der Waals surface area contributed by atoms with E-state index in [0.717, 1.165) is 0 Å². The predicted octanol–water partition coefficient (Wildman–Crippen LogP) is 1.84. The first-order chi connectivity index (χ1) is 9.76. The second-order valence-electron chi connectivity index (χ2n) is 5.16. The van der Waals surface area contributed by atoms with Crippen molar-refractivity contribution in [1.82, 2.24) is 9.47 Å². The van der Waals surface area contributed by atoms with E-state index in [1.54, 1.807) is 6.92 Å². The van der Waals surface area contributed by atoms with E-state index in [2.05, 4.69) is 0 Å². The van der Waals surface area contributed by atoms with E-state index in [4.69, 9.17) is 0 Å². The lowest BCUT2D eigenvalue weighted by Crippen LogP contribution is -2.41. The molecule has 0 radical (unpaired) electrons. The molecule has 0 aliphatic carbocycles. The Morgan fingerprint density at radius 1 is 1.48 bits per heavy atom. The van der Waals surface area contributed by atoms with Gasteiger partial charge < -0.3 is 4.90 Å². The van der Waals surface area contributed by atoms with Crippen molar-refractivity contribution in [2.75, 3.05) is 18.1 Å². The van der Waals surface area contributed by atoms with Crippen LogP contribution < -0.4 is 0 Å². The summed E-state index contributed by atoms with van der Waals surface area (Å²) in [7, 11) is -3.14. The van der Waals surface area contributed by atoms with Crippen molar-refractivity contribution >= 4 is 15.7 Å². The molecule has 8 heteroatoms. The Morgan fingerprint density at radius 3 is 2.62 bits per heavy atom. The third-order valence-electron chi connectivity index (χ3n) is 3.79. The zero-order valence-electron chi connectivity index (χ0n) is 11.9. The standard InChI is InChI=1S/C13H18F2N2O3S/c1-3-16(10-6-7-21(19,20)8-10)12(18)11-5-4-9(2)17(11)13(14)15/h4-5,10,13H,3,6-8H2,1-2H3. The Morgan fingerprint density at radius 2 is 2.14 bits per heavy atom. The number of halogens is 2. The van der Waals surface area contributed by atoms with Crippen LogP contribution in [0.5, 0.6) is 0 Å². The number of aryl methyl sites for hydroxylation is 1. The van der Waals surface area contributed by atoms with E-state index >= 15 is 0 Å². The lowest BCUT2D eigenvalue weighted by atomic mass is 10.2. The van der Waals surface area contributed by atoms with Crippen molar-refractivity contribution in [3.63, 3.8) is 0 Å². The summed E-state index contributed by atoms with van der Waals surface area (Å²) in [6.45, 7) is 0.696. The second-order valence-corrected chi connectivity index (χ2v) is 7.38. The highest BCUT2D eigenvalue weighted by molar-refractivity contribution is 7.91. The largest absolute Gasteiger partial charge is 0.334 e. The number of aromatic nitrogens is 1. The van der Waals surface area contributed by atoms with Crippen LogP contribution in [0.4, 0.5) is 8.78 Å². The summed E-state index contributed by atoms with van der Waals surface area (Å²) in [5.74, 6) is -0.606. The monoisotopic (exact) mass is 320 g/mol. The molecule has 118 valence electrons. The van der Waals surface area contributed by atoms with E-state index in [-0.39, 0.29) is 23.7 Å². The highest BCUT2D eigenvalue weighted by atomic mass is 32.2. The first kappa shape index (κ1) is 15.9. The zero-order valence-corrected chi connectivity index (χ0v) is 12.7. The Labute approximate surface area is 122 Å². The van der Waals surface area contributed by atoms with Crippen molar-refractivity contribution in [3.8, 4) is 0 Å². The van der Waals surface area contributed by atoms with Gasteiger partial charge >= 0.3 is 6.55 Å². The molecule has 1 aliphatic rings. The predicted molar refractivity (Wildman–Crippen MR) is 74.2 cm³/mol. The number of hydrogen-bond donors (Lipinski definition) is 0. The minimum atomic E-state index is -3.14. The first-order valence-corrected chi connectivity index (χ1v) is 8.56. The molecule has 1 atom stereocenters. The van der Waals surface area contributed by atoms with Crippen molar-refractivity contribution in [1.29, 1.82) is 0 Å². The Hall–Kier alpha value is -1.44. The smallest absolute Gasteiger partial charge is 0.319 e. The van der Waals surface area contributed by atoms with Gasteiger partial charge in [0.15, 0.2) is 9.84 Å². The summed E-state index contributed by atoms with van der Waals surface area (Å²) in [6.07, 6.45) is 0.357. The van der Waals surface area contributed by atoms with Crippen LogP contribution in [-0.4, -0.2) is 47.9 Å². The molecule has 5 nitrogen and oxygen atoms in total. The number of carbonyl (C=O) groups excluding carboxylic acids is 1. The molecule has 1 saturated heterocycles. The fourth-order valence-corrected chi connectivity index (χ4v) is 4.45. The molecule has 1 aromatic rings. The van der Waals surface area contributed by atoms with Crippen LogP contribution in [0.15, 0.2) is 12.1 Å². The van der Waals surface area contributed by atoms with Gasteiger partial charge in [0, 0.05) is 18.3 Å². The molecule has 1 aliphatic heterocycles. The maximum Gasteiger partial charge on any atom is 0.319 e. The van der Waals surface area contributed by atoms with Gasteiger partial charge in [0.05, 0.1) is 11.5 Å². The fraction of sp³-hybridized carbons (Fsp3) is 0.615. The quantitative estimate of drug-likeness (QED) is 0.850. The average Bonchev–Trinajstić information content (AvgIpc) is 2.93. The van der Waals surface area contributed by atoms with E-state index in [0.29, 0.717) is 16.7 Å². The third-order valence-corrected chi connectivity index (χ3v) is 5.54. The molecule has 2 rings (SSSR count). The number of alkyl halides is 2. The number of amides is 1. The van der Waals surface area contributed by atoms with Crippen molar-refractivity contribution in [2.24, 2.45) is 0 Å². The first-order valence-electron chi connectivity index (χ1n) is 6.74. The number of carbonyl (C=O) groups is 1. The molecule has 1 fully saturated rings. The lowest BCUT2D eigenvalue weighted by molar-refractivity contribution is 0.0528. The van der Waals surface area contributed by atoms with Gasteiger partial charge in [0.1, 0.15) is 5.69 Å². The molecule has 0 aromatic carbocycles. The Bertz CT molecular complexity index is 640. The van der Waals surface area contributed by atoms with Gasteiger partial charge in [0.2, 0.25) is 0 Å². The van der Waals surface area contributed by atoms with Crippen LogP contribution in [0.1, 0.15) is 36.1 Å². The van der Waals surface area contributed by atoms with Crippen LogP contribution in [0.25, 0.3) is 0 Å². The topological polar surface area (TPSA) is 59.4 Å². The van der Waals surface area contributed by atoms with E-state index < -0.39 is 28.3 Å². The fourth-order valence-electron chi connectivity index (χ4n) is 2.72. The van der Waals surface area contributed by atoms with Crippen molar-refractivity contribution in [3.05, 3.63) is 23.5 Å². The van der Waals surface area contributed by atoms with Crippen molar-refractivity contribution < 1.29 is 22.0 Å². The molecule has 1 aromatic heterocycles. The van der Waals surface area contributed by atoms with Crippen LogP contribution in [0, 0.1) is 6.92 Å². The van der Waals surface area contributed by atoms with Crippen LogP contribution in [0.2, 0.25) is 0 Å². The second kappa shape index (κ2) is 5.75. The van der Waals surface area contributed by atoms with Gasteiger partial charge in [0.25, 0.3) is 5.91 Å². The lowest BCUT2D eigenvalue weighted by Gasteiger charge is -2.27. The molecule has 1 unspecified atom stereocenters.